The minimum atomic E-state index is 0.813. The standard InChI is InChI=1S/C18H28N4O/c1-5-22(6-2)14-16-11-15(7-8-18(16)23-4)12-19-13-17-9-10-20-21(17)3/h7-11,19H,5-6,12-14H2,1-4H3. The second-order valence-corrected chi connectivity index (χ2v) is 5.66. The fourth-order valence-corrected chi connectivity index (χ4v) is 2.66. The van der Waals surface area contributed by atoms with Gasteiger partial charge in [0.15, 0.2) is 0 Å². The average Bonchev–Trinajstić information content (AvgIpc) is 2.98. The number of aromatic nitrogens is 2. The summed E-state index contributed by atoms with van der Waals surface area (Å²) in [5.41, 5.74) is 3.70. The molecule has 126 valence electrons. The minimum Gasteiger partial charge on any atom is -0.496 e. The predicted octanol–water partition coefficient (Wildman–Crippen LogP) is 2.56. The summed E-state index contributed by atoms with van der Waals surface area (Å²) in [6.45, 7) is 9.04. The van der Waals surface area contributed by atoms with Gasteiger partial charge in [-0.1, -0.05) is 19.9 Å². The van der Waals surface area contributed by atoms with Gasteiger partial charge in [0.1, 0.15) is 5.75 Å². The van der Waals surface area contributed by atoms with Crippen LogP contribution in [-0.2, 0) is 26.7 Å². The van der Waals surface area contributed by atoms with E-state index in [-0.39, 0.29) is 0 Å². The van der Waals surface area contributed by atoms with E-state index in [0.29, 0.717) is 0 Å². The molecule has 0 unspecified atom stereocenters. The molecular formula is C18H28N4O. The Hall–Kier alpha value is -1.85. The Morgan fingerprint density at radius 2 is 1.96 bits per heavy atom. The summed E-state index contributed by atoms with van der Waals surface area (Å²) in [5, 5.41) is 7.66. The number of nitrogens with zero attached hydrogens (tertiary/aromatic N) is 3. The molecule has 0 aliphatic carbocycles. The Labute approximate surface area is 139 Å². The molecule has 5 nitrogen and oxygen atoms in total. The van der Waals surface area contributed by atoms with Gasteiger partial charge in [-0.2, -0.15) is 5.10 Å². The maximum atomic E-state index is 5.51. The van der Waals surface area contributed by atoms with Gasteiger partial charge in [-0.05, 0) is 36.9 Å². The van der Waals surface area contributed by atoms with Crippen molar-refractivity contribution in [3.63, 3.8) is 0 Å². The molecule has 0 saturated carbocycles. The monoisotopic (exact) mass is 316 g/mol. The van der Waals surface area contributed by atoms with Crippen LogP contribution >= 0.6 is 0 Å². The Kier molecular flexibility index (Phi) is 6.62. The lowest BCUT2D eigenvalue weighted by Gasteiger charge is -2.20. The van der Waals surface area contributed by atoms with Crippen LogP contribution in [0.3, 0.4) is 0 Å². The molecule has 5 heteroatoms. The van der Waals surface area contributed by atoms with Gasteiger partial charge in [0.05, 0.1) is 12.8 Å². The summed E-state index contributed by atoms with van der Waals surface area (Å²) in [4.78, 5) is 2.39. The van der Waals surface area contributed by atoms with Gasteiger partial charge in [-0.3, -0.25) is 9.58 Å². The highest BCUT2D eigenvalue weighted by Gasteiger charge is 2.08. The van der Waals surface area contributed by atoms with Crippen LogP contribution in [0.4, 0.5) is 0 Å². The lowest BCUT2D eigenvalue weighted by molar-refractivity contribution is 0.289. The molecule has 0 atom stereocenters. The lowest BCUT2D eigenvalue weighted by Crippen LogP contribution is -2.22. The van der Waals surface area contributed by atoms with Gasteiger partial charge >= 0.3 is 0 Å². The van der Waals surface area contributed by atoms with E-state index in [9.17, 15) is 0 Å². The van der Waals surface area contributed by atoms with Crippen molar-refractivity contribution in [2.75, 3.05) is 20.2 Å². The molecule has 0 amide bonds. The van der Waals surface area contributed by atoms with Crippen LogP contribution in [0.5, 0.6) is 5.75 Å². The first-order chi connectivity index (χ1) is 11.2. The number of aryl methyl sites for hydroxylation is 1. The zero-order chi connectivity index (χ0) is 16.7. The maximum Gasteiger partial charge on any atom is 0.123 e. The van der Waals surface area contributed by atoms with Crippen molar-refractivity contribution in [3.8, 4) is 5.75 Å². The van der Waals surface area contributed by atoms with Crippen LogP contribution in [-0.4, -0.2) is 34.9 Å². The Morgan fingerprint density at radius 3 is 2.57 bits per heavy atom. The summed E-state index contributed by atoms with van der Waals surface area (Å²) < 4.78 is 7.41. The van der Waals surface area contributed by atoms with E-state index in [1.807, 2.05) is 24.0 Å². The van der Waals surface area contributed by atoms with Crippen LogP contribution in [0.2, 0.25) is 0 Å². The first-order valence-electron chi connectivity index (χ1n) is 8.23. The lowest BCUT2D eigenvalue weighted by atomic mass is 10.1. The topological polar surface area (TPSA) is 42.3 Å². The maximum absolute atomic E-state index is 5.51. The summed E-state index contributed by atoms with van der Waals surface area (Å²) in [5.74, 6) is 0.965. The molecule has 1 aromatic heterocycles. The zero-order valence-corrected chi connectivity index (χ0v) is 14.7. The number of methoxy groups -OCH3 is 1. The fraction of sp³-hybridized carbons (Fsp3) is 0.500. The Morgan fingerprint density at radius 1 is 1.17 bits per heavy atom. The third kappa shape index (κ3) is 4.81. The van der Waals surface area contributed by atoms with Gasteiger partial charge in [-0.15, -0.1) is 0 Å². The highest BCUT2D eigenvalue weighted by Crippen LogP contribution is 2.21. The van der Waals surface area contributed by atoms with Crippen molar-refractivity contribution >= 4 is 0 Å². The molecule has 0 saturated heterocycles. The van der Waals surface area contributed by atoms with Gasteiger partial charge < -0.3 is 10.1 Å². The second kappa shape index (κ2) is 8.70. The van der Waals surface area contributed by atoms with E-state index in [2.05, 4.69) is 47.4 Å². The SMILES string of the molecule is CCN(CC)Cc1cc(CNCc2ccnn2C)ccc1OC. The quantitative estimate of drug-likeness (QED) is 0.772. The molecule has 1 heterocycles. The number of hydrogen-bond acceptors (Lipinski definition) is 4. The molecule has 2 aromatic rings. The molecule has 2 rings (SSSR count). The van der Waals surface area contributed by atoms with Crippen LogP contribution in [0, 0.1) is 0 Å². The van der Waals surface area contributed by atoms with Crippen molar-refractivity contribution in [1.82, 2.24) is 20.0 Å². The summed E-state index contributed by atoms with van der Waals surface area (Å²) >= 11 is 0. The third-order valence-corrected chi connectivity index (χ3v) is 4.19. The minimum absolute atomic E-state index is 0.813. The van der Waals surface area contributed by atoms with Crippen LogP contribution < -0.4 is 10.1 Å². The third-order valence-electron chi connectivity index (χ3n) is 4.19. The van der Waals surface area contributed by atoms with Crippen LogP contribution in [0.15, 0.2) is 30.5 Å². The normalized spacial score (nSPS) is 11.2. The molecule has 1 N–H and O–H groups in total. The molecule has 1 aromatic carbocycles. The first kappa shape index (κ1) is 17.5. The highest BCUT2D eigenvalue weighted by molar-refractivity contribution is 5.37. The van der Waals surface area contributed by atoms with E-state index >= 15 is 0 Å². The molecule has 0 aliphatic heterocycles. The molecule has 0 bridgehead atoms. The summed E-state index contributed by atoms with van der Waals surface area (Å²) in [7, 11) is 3.70. The first-order valence-corrected chi connectivity index (χ1v) is 8.23. The molecular weight excluding hydrogens is 288 g/mol. The average molecular weight is 316 g/mol. The van der Waals surface area contributed by atoms with Crippen molar-refractivity contribution in [3.05, 3.63) is 47.3 Å². The number of benzene rings is 1. The zero-order valence-electron chi connectivity index (χ0n) is 14.7. The van der Waals surface area contributed by atoms with E-state index in [0.717, 1.165) is 38.5 Å². The Balaban J connectivity index is 2.00. The molecule has 0 radical (unpaired) electrons. The smallest absolute Gasteiger partial charge is 0.123 e. The van der Waals surface area contributed by atoms with Crippen LogP contribution in [0.1, 0.15) is 30.7 Å². The van der Waals surface area contributed by atoms with E-state index in [1.54, 1.807) is 7.11 Å². The van der Waals surface area contributed by atoms with Crippen LogP contribution in [0.25, 0.3) is 0 Å². The van der Waals surface area contributed by atoms with Gasteiger partial charge in [0.25, 0.3) is 0 Å². The molecule has 23 heavy (non-hydrogen) atoms. The van der Waals surface area contributed by atoms with Crippen molar-refractivity contribution in [2.45, 2.75) is 33.5 Å². The summed E-state index contributed by atoms with van der Waals surface area (Å²) in [6.07, 6.45) is 1.83. The molecule has 0 spiro atoms. The van der Waals surface area contributed by atoms with Crippen molar-refractivity contribution in [2.24, 2.45) is 7.05 Å². The number of nitrogens with one attached hydrogen (secondary N) is 1. The largest absolute Gasteiger partial charge is 0.496 e. The molecule has 0 fully saturated rings. The fourth-order valence-electron chi connectivity index (χ4n) is 2.66. The predicted molar refractivity (Wildman–Crippen MR) is 93.4 cm³/mol. The molecule has 0 aliphatic rings. The van der Waals surface area contributed by atoms with Crippen molar-refractivity contribution < 1.29 is 4.74 Å². The van der Waals surface area contributed by atoms with Gasteiger partial charge in [0.2, 0.25) is 0 Å². The number of hydrogen-bond donors (Lipinski definition) is 1. The Bertz CT molecular complexity index is 605. The number of ether oxygens (including phenoxy) is 1. The van der Waals surface area contributed by atoms with E-state index in [4.69, 9.17) is 4.74 Å². The number of rotatable bonds is 9. The van der Waals surface area contributed by atoms with Gasteiger partial charge in [0, 0.05) is 38.4 Å². The highest BCUT2D eigenvalue weighted by atomic mass is 16.5. The second-order valence-electron chi connectivity index (χ2n) is 5.66. The van der Waals surface area contributed by atoms with E-state index < -0.39 is 0 Å². The van der Waals surface area contributed by atoms with Gasteiger partial charge in [-0.25, -0.2) is 0 Å². The van der Waals surface area contributed by atoms with E-state index in [1.165, 1.54) is 16.8 Å². The van der Waals surface area contributed by atoms with Crippen molar-refractivity contribution in [1.29, 1.82) is 0 Å². The summed E-state index contributed by atoms with van der Waals surface area (Å²) in [6, 6.07) is 8.47.